The van der Waals surface area contributed by atoms with Crippen LogP contribution in [-0.2, 0) is 5.41 Å². The fourth-order valence-corrected chi connectivity index (χ4v) is 11.8. The van der Waals surface area contributed by atoms with Crippen LogP contribution >= 0.6 is 11.3 Å². The third-order valence-corrected chi connectivity index (χ3v) is 14.5. The average molecular weight is 820 g/mol. The van der Waals surface area contributed by atoms with Crippen LogP contribution in [0.25, 0.3) is 110 Å². The first-order valence-corrected chi connectivity index (χ1v) is 22.2. The predicted octanol–water partition coefficient (Wildman–Crippen LogP) is 15.2. The van der Waals surface area contributed by atoms with Crippen molar-refractivity contribution in [1.82, 2.24) is 15.0 Å². The van der Waals surface area contributed by atoms with Crippen molar-refractivity contribution in [3.05, 3.63) is 222 Å². The monoisotopic (exact) mass is 819 g/mol. The lowest BCUT2D eigenvalue weighted by atomic mass is 9.69. The molecule has 0 radical (unpaired) electrons. The van der Waals surface area contributed by atoms with Crippen molar-refractivity contribution < 1.29 is 4.42 Å². The summed E-state index contributed by atoms with van der Waals surface area (Å²) in [5, 5.41) is 4.90. The molecule has 63 heavy (non-hydrogen) atoms. The van der Waals surface area contributed by atoms with Crippen molar-refractivity contribution in [3.8, 4) is 67.5 Å². The molecule has 5 heteroatoms. The maximum absolute atomic E-state index is 6.82. The van der Waals surface area contributed by atoms with Gasteiger partial charge in [-0.3, -0.25) is 0 Å². The van der Waals surface area contributed by atoms with Gasteiger partial charge in [0.1, 0.15) is 11.2 Å². The molecule has 0 amide bonds. The van der Waals surface area contributed by atoms with Crippen molar-refractivity contribution in [3.63, 3.8) is 0 Å². The Labute approximate surface area is 366 Å². The van der Waals surface area contributed by atoms with Crippen LogP contribution in [-0.4, -0.2) is 15.0 Å². The molecular weight excluding hydrogens is 787 g/mol. The second kappa shape index (κ2) is 13.0. The van der Waals surface area contributed by atoms with Crippen LogP contribution in [0.3, 0.4) is 0 Å². The van der Waals surface area contributed by atoms with Gasteiger partial charge in [-0.05, 0) is 92.0 Å². The second-order valence-corrected chi connectivity index (χ2v) is 17.7. The smallest absolute Gasteiger partial charge is 0.164 e. The Morgan fingerprint density at radius 3 is 1.59 bits per heavy atom. The molecule has 0 N–H and O–H groups in total. The Kier molecular flexibility index (Phi) is 7.16. The topological polar surface area (TPSA) is 51.8 Å². The minimum atomic E-state index is -0.530. The Morgan fingerprint density at radius 2 is 0.905 bits per heavy atom. The van der Waals surface area contributed by atoms with E-state index in [4.69, 9.17) is 19.4 Å². The van der Waals surface area contributed by atoms with E-state index in [1.807, 2.05) is 72.0 Å². The van der Waals surface area contributed by atoms with Crippen molar-refractivity contribution >= 4 is 53.4 Å². The Balaban J connectivity index is 0.968. The molecule has 0 unspecified atom stereocenters. The lowest BCUT2D eigenvalue weighted by Gasteiger charge is -2.31. The highest BCUT2D eigenvalue weighted by Gasteiger charge is 2.53. The summed E-state index contributed by atoms with van der Waals surface area (Å²) in [4.78, 5) is 14.9. The number of hydrogen-bond acceptors (Lipinski definition) is 5. The molecule has 0 bridgehead atoms. The fourth-order valence-electron chi connectivity index (χ4n) is 10.6. The number of fused-ring (bicyclic) bond motifs is 17. The van der Waals surface area contributed by atoms with Gasteiger partial charge in [0.15, 0.2) is 17.5 Å². The third kappa shape index (κ3) is 4.88. The molecule has 9 aromatic carbocycles. The first-order valence-electron chi connectivity index (χ1n) is 21.3. The van der Waals surface area contributed by atoms with Gasteiger partial charge in [-0.2, -0.15) is 0 Å². The van der Waals surface area contributed by atoms with Gasteiger partial charge in [0.25, 0.3) is 0 Å². The van der Waals surface area contributed by atoms with Gasteiger partial charge in [-0.25, -0.2) is 15.0 Å². The number of thiophene rings is 1. The van der Waals surface area contributed by atoms with E-state index in [0.717, 1.165) is 44.4 Å². The SMILES string of the molecule is c1ccc(-c2nc(-c3ccccc3)nc(-c3ccc(-c4ccc5oc6ccc7c(c6c5c4)C4(c5ccccc5-c5ccccc54)c4cc5sc6ccccc6c5cc4-7)cc3)n2)cc1. The predicted molar refractivity (Wildman–Crippen MR) is 258 cm³/mol. The van der Waals surface area contributed by atoms with E-state index in [1.165, 1.54) is 70.1 Å². The summed E-state index contributed by atoms with van der Waals surface area (Å²) >= 11 is 1.89. The van der Waals surface area contributed by atoms with E-state index in [-0.39, 0.29) is 0 Å². The normalized spacial score (nSPS) is 13.2. The Bertz CT molecular complexity index is 3750. The zero-order valence-electron chi connectivity index (χ0n) is 33.7. The standard InChI is InChI=1S/C58H33N3OS/c1-3-13-35(14-4-1)55-59-56(36-15-5-2-6-16-36)61-57(60-55)37-25-23-34(24-26-37)38-27-29-49-45(31-38)53-50(62-49)30-28-42-43-32-44-41-19-9-12-22-51(41)63-52(44)33-48(43)58(54(42)53)46-20-10-7-17-39(46)40-18-8-11-21-47(40)58/h1-33H. The van der Waals surface area contributed by atoms with E-state index >= 15 is 0 Å². The molecule has 3 aromatic heterocycles. The van der Waals surface area contributed by atoms with Gasteiger partial charge < -0.3 is 4.42 Å². The molecule has 0 aliphatic heterocycles. The molecule has 2 aliphatic rings. The van der Waals surface area contributed by atoms with Crippen LogP contribution in [0, 0.1) is 0 Å². The molecule has 0 saturated carbocycles. The van der Waals surface area contributed by atoms with Gasteiger partial charge in [0.2, 0.25) is 0 Å². The summed E-state index contributed by atoms with van der Waals surface area (Å²) in [7, 11) is 0. The van der Waals surface area contributed by atoms with Gasteiger partial charge in [0.05, 0.1) is 5.41 Å². The quantitative estimate of drug-likeness (QED) is 0.177. The molecule has 14 rings (SSSR count). The van der Waals surface area contributed by atoms with Crippen molar-refractivity contribution in [2.75, 3.05) is 0 Å². The van der Waals surface area contributed by atoms with Crippen LogP contribution in [0.2, 0.25) is 0 Å². The maximum atomic E-state index is 6.82. The number of aromatic nitrogens is 3. The van der Waals surface area contributed by atoms with Crippen LogP contribution in [0.5, 0.6) is 0 Å². The van der Waals surface area contributed by atoms with E-state index in [1.54, 1.807) is 0 Å². The molecule has 2 aliphatic carbocycles. The number of nitrogens with zero attached hydrogens (tertiary/aromatic N) is 3. The highest BCUT2D eigenvalue weighted by atomic mass is 32.1. The first-order chi connectivity index (χ1) is 31.2. The molecule has 0 saturated heterocycles. The zero-order valence-corrected chi connectivity index (χ0v) is 34.5. The molecule has 4 nitrogen and oxygen atoms in total. The minimum Gasteiger partial charge on any atom is -0.456 e. The van der Waals surface area contributed by atoms with Gasteiger partial charge in [0, 0.05) is 47.6 Å². The van der Waals surface area contributed by atoms with E-state index in [0.29, 0.717) is 17.5 Å². The van der Waals surface area contributed by atoms with Gasteiger partial charge in [-0.15, -0.1) is 11.3 Å². The number of benzene rings is 9. The molecule has 3 heterocycles. The third-order valence-electron chi connectivity index (χ3n) is 13.4. The number of rotatable bonds is 4. The molecule has 292 valence electrons. The highest BCUT2D eigenvalue weighted by Crippen LogP contribution is 2.65. The number of hydrogen-bond donors (Lipinski definition) is 0. The lowest BCUT2D eigenvalue weighted by molar-refractivity contribution is 0.668. The first kappa shape index (κ1) is 34.7. The molecule has 0 atom stereocenters. The molecule has 0 fully saturated rings. The zero-order chi connectivity index (χ0) is 41.2. The van der Waals surface area contributed by atoms with Crippen molar-refractivity contribution in [2.45, 2.75) is 5.41 Å². The van der Waals surface area contributed by atoms with E-state index in [9.17, 15) is 0 Å². The summed E-state index contributed by atoms with van der Waals surface area (Å²) in [6.07, 6.45) is 0. The Hall–Kier alpha value is -7.99. The van der Waals surface area contributed by atoms with Crippen molar-refractivity contribution in [2.24, 2.45) is 0 Å². The largest absolute Gasteiger partial charge is 0.456 e. The molecular formula is C58H33N3OS. The minimum absolute atomic E-state index is 0.530. The van der Waals surface area contributed by atoms with Crippen molar-refractivity contribution in [1.29, 1.82) is 0 Å². The van der Waals surface area contributed by atoms with E-state index in [2.05, 4.69) is 140 Å². The van der Waals surface area contributed by atoms with Crippen LogP contribution < -0.4 is 0 Å². The van der Waals surface area contributed by atoms with Gasteiger partial charge in [-0.1, -0.05) is 164 Å². The lowest BCUT2D eigenvalue weighted by Crippen LogP contribution is -2.26. The fraction of sp³-hybridized carbons (Fsp3) is 0.0172. The summed E-state index contributed by atoms with van der Waals surface area (Å²) in [6, 6.07) is 71.8. The number of furan rings is 1. The second-order valence-electron chi connectivity index (χ2n) is 16.6. The van der Waals surface area contributed by atoms with Crippen LogP contribution in [0.4, 0.5) is 0 Å². The molecule has 1 spiro atoms. The van der Waals surface area contributed by atoms with Gasteiger partial charge >= 0.3 is 0 Å². The summed E-state index contributed by atoms with van der Waals surface area (Å²) in [5.74, 6) is 1.93. The molecule has 12 aromatic rings. The summed E-state index contributed by atoms with van der Waals surface area (Å²) < 4.78 is 9.45. The van der Waals surface area contributed by atoms with Crippen LogP contribution in [0.15, 0.2) is 205 Å². The summed E-state index contributed by atoms with van der Waals surface area (Å²) in [6.45, 7) is 0. The summed E-state index contributed by atoms with van der Waals surface area (Å²) in [5.41, 5.74) is 16.7. The highest BCUT2D eigenvalue weighted by molar-refractivity contribution is 7.25. The van der Waals surface area contributed by atoms with E-state index < -0.39 is 5.41 Å². The Morgan fingerprint density at radius 1 is 0.349 bits per heavy atom. The average Bonchev–Trinajstić information content (AvgIpc) is 4.08. The maximum Gasteiger partial charge on any atom is 0.164 e. The van der Waals surface area contributed by atoms with Crippen LogP contribution in [0.1, 0.15) is 22.3 Å².